The van der Waals surface area contributed by atoms with Crippen LogP contribution in [0.4, 0.5) is 0 Å². The fourth-order valence-corrected chi connectivity index (χ4v) is 3.01. The van der Waals surface area contributed by atoms with Crippen LogP contribution in [0, 0.1) is 0 Å². The monoisotopic (exact) mass is 320 g/mol. The normalized spacial score (nSPS) is 19.1. The van der Waals surface area contributed by atoms with E-state index in [1.54, 1.807) is 6.20 Å². The fraction of sp³-hybridized carbons (Fsp3) is 0.316. The summed E-state index contributed by atoms with van der Waals surface area (Å²) in [6, 6.07) is 12.4. The maximum atomic E-state index is 6.15. The predicted molar refractivity (Wildman–Crippen MR) is 96.8 cm³/mol. The Morgan fingerprint density at radius 2 is 1.75 bits per heavy atom. The van der Waals surface area contributed by atoms with Crippen LogP contribution >= 0.6 is 0 Å². The molecule has 5 heteroatoms. The predicted octanol–water partition coefficient (Wildman–Crippen LogP) is 3.32. The third-order valence-electron chi connectivity index (χ3n) is 5.16. The van der Waals surface area contributed by atoms with Crippen molar-refractivity contribution in [3.8, 4) is 5.69 Å². The summed E-state index contributed by atoms with van der Waals surface area (Å²) in [5.74, 6) is 0. The van der Waals surface area contributed by atoms with Gasteiger partial charge in [-0.05, 0) is 62.8 Å². The molecule has 1 aromatic carbocycles. The van der Waals surface area contributed by atoms with Crippen LogP contribution < -0.4 is 5.46 Å². The van der Waals surface area contributed by atoms with Gasteiger partial charge in [0.25, 0.3) is 0 Å². The van der Waals surface area contributed by atoms with Crippen LogP contribution in [0.1, 0.15) is 27.7 Å². The molecule has 0 aliphatic carbocycles. The smallest absolute Gasteiger partial charge is 0.399 e. The summed E-state index contributed by atoms with van der Waals surface area (Å²) in [6.45, 7) is 8.30. The third-order valence-corrected chi connectivity index (χ3v) is 5.16. The summed E-state index contributed by atoms with van der Waals surface area (Å²) >= 11 is 0. The number of fused-ring (bicyclic) bond motifs is 1. The molecule has 0 N–H and O–H groups in total. The van der Waals surface area contributed by atoms with Crippen molar-refractivity contribution in [2.45, 2.75) is 38.9 Å². The van der Waals surface area contributed by atoms with Gasteiger partial charge in [-0.1, -0.05) is 12.1 Å². The van der Waals surface area contributed by atoms with E-state index in [0.29, 0.717) is 0 Å². The first-order valence-electron chi connectivity index (χ1n) is 8.24. The summed E-state index contributed by atoms with van der Waals surface area (Å²) in [5, 5.41) is 1.16. The molecule has 4 rings (SSSR count). The minimum atomic E-state index is -0.332. The van der Waals surface area contributed by atoms with Crippen LogP contribution in [0.25, 0.3) is 16.6 Å². The lowest BCUT2D eigenvalue weighted by molar-refractivity contribution is 0.00578. The molecule has 3 heterocycles. The van der Waals surface area contributed by atoms with Gasteiger partial charge in [0, 0.05) is 12.4 Å². The molecule has 4 nitrogen and oxygen atoms in total. The second-order valence-electron chi connectivity index (χ2n) is 7.30. The molecule has 0 saturated carbocycles. The van der Waals surface area contributed by atoms with E-state index < -0.39 is 0 Å². The Labute approximate surface area is 142 Å². The Hall–Kier alpha value is -2.11. The minimum Gasteiger partial charge on any atom is -0.399 e. The zero-order valence-corrected chi connectivity index (χ0v) is 14.5. The van der Waals surface area contributed by atoms with E-state index in [0.717, 1.165) is 22.1 Å². The summed E-state index contributed by atoms with van der Waals surface area (Å²) in [4.78, 5) is 4.20. The van der Waals surface area contributed by atoms with Crippen molar-refractivity contribution < 1.29 is 9.31 Å². The molecule has 3 aromatic rings. The molecule has 122 valence electrons. The van der Waals surface area contributed by atoms with Crippen LogP contribution in [-0.4, -0.2) is 27.9 Å². The highest BCUT2D eigenvalue weighted by Gasteiger charge is 2.51. The van der Waals surface area contributed by atoms with Gasteiger partial charge in [-0.15, -0.1) is 0 Å². The Morgan fingerprint density at radius 3 is 2.42 bits per heavy atom. The average Bonchev–Trinajstić information content (AvgIpc) is 3.06. The molecule has 1 aliphatic rings. The van der Waals surface area contributed by atoms with Crippen molar-refractivity contribution in [1.82, 2.24) is 9.55 Å². The van der Waals surface area contributed by atoms with Gasteiger partial charge < -0.3 is 13.9 Å². The van der Waals surface area contributed by atoms with Gasteiger partial charge in [-0.3, -0.25) is 4.98 Å². The van der Waals surface area contributed by atoms with Gasteiger partial charge in [0.15, 0.2) is 0 Å². The number of hydrogen-bond acceptors (Lipinski definition) is 3. The highest BCUT2D eigenvalue weighted by molar-refractivity contribution is 6.62. The molecule has 0 amide bonds. The van der Waals surface area contributed by atoms with Gasteiger partial charge in [0.1, 0.15) is 0 Å². The Kier molecular flexibility index (Phi) is 3.34. The minimum absolute atomic E-state index is 0.325. The lowest BCUT2D eigenvalue weighted by Crippen LogP contribution is -2.41. The highest BCUT2D eigenvalue weighted by Crippen LogP contribution is 2.36. The van der Waals surface area contributed by atoms with Crippen LogP contribution in [0.3, 0.4) is 0 Å². The lowest BCUT2D eigenvalue weighted by Gasteiger charge is -2.32. The first kappa shape index (κ1) is 15.4. The SMILES string of the molecule is CC1(C)OB(c2ccc3c(ccn3-c3cccnc3)c2)OC1(C)C. The first-order valence-corrected chi connectivity index (χ1v) is 8.24. The molecule has 0 spiro atoms. The standard InChI is InChI=1S/C19H21BN2O2/c1-18(2)19(3,4)24-20(23-18)15-7-8-17-14(12-15)9-11-22(17)16-6-5-10-21-13-16/h5-13H,1-4H3. The molecule has 1 saturated heterocycles. The number of benzene rings is 1. The maximum absolute atomic E-state index is 6.15. The second-order valence-corrected chi connectivity index (χ2v) is 7.30. The highest BCUT2D eigenvalue weighted by atomic mass is 16.7. The number of aromatic nitrogens is 2. The van der Waals surface area contributed by atoms with E-state index in [1.807, 2.05) is 12.3 Å². The third kappa shape index (κ3) is 2.36. The summed E-state index contributed by atoms with van der Waals surface area (Å²) in [5.41, 5.74) is 2.59. The molecule has 0 atom stereocenters. The van der Waals surface area contributed by atoms with Crippen molar-refractivity contribution in [2.24, 2.45) is 0 Å². The van der Waals surface area contributed by atoms with E-state index in [4.69, 9.17) is 9.31 Å². The topological polar surface area (TPSA) is 36.3 Å². The van der Waals surface area contributed by atoms with Crippen molar-refractivity contribution in [3.63, 3.8) is 0 Å². The van der Waals surface area contributed by atoms with Crippen molar-refractivity contribution in [2.75, 3.05) is 0 Å². The van der Waals surface area contributed by atoms with Crippen LogP contribution in [-0.2, 0) is 9.31 Å². The quantitative estimate of drug-likeness (QED) is 0.680. The largest absolute Gasteiger partial charge is 0.494 e. The molecular weight excluding hydrogens is 299 g/mol. The molecule has 2 aromatic heterocycles. The van der Waals surface area contributed by atoms with Crippen LogP contribution in [0.2, 0.25) is 0 Å². The first-order chi connectivity index (χ1) is 11.4. The molecule has 0 bridgehead atoms. The maximum Gasteiger partial charge on any atom is 0.494 e. The molecule has 1 fully saturated rings. The summed E-state index contributed by atoms with van der Waals surface area (Å²) in [6.07, 6.45) is 5.71. The van der Waals surface area contributed by atoms with E-state index in [-0.39, 0.29) is 18.3 Å². The molecule has 24 heavy (non-hydrogen) atoms. The molecule has 1 aliphatic heterocycles. The zero-order valence-electron chi connectivity index (χ0n) is 14.5. The number of nitrogens with zero attached hydrogens (tertiary/aromatic N) is 2. The Morgan fingerprint density at radius 1 is 1.00 bits per heavy atom. The van der Waals surface area contributed by atoms with Crippen molar-refractivity contribution >= 4 is 23.5 Å². The summed E-state index contributed by atoms with van der Waals surface area (Å²) in [7, 11) is -0.332. The number of hydrogen-bond donors (Lipinski definition) is 0. The van der Waals surface area contributed by atoms with Crippen LogP contribution in [0.15, 0.2) is 55.0 Å². The lowest BCUT2D eigenvalue weighted by atomic mass is 9.78. The van der Waals surface area contributed by atoms with Crippen LogP contribution in [0.5, 0.6) is 0 Å². The second kappa shape index (κ2) is 5.20. The zero-order chi connectivity index (χ0) is 16.9. The number of pyridine rings is 1. The van der Waals surface area contributed by atoms with E-state index in [1.165, 1.54) is 0 Å². The Balaban J connectivity index is 1.71. The average molecular weight is 320 g/mol. The van der Waals surface area contributed by atoms with Gasteiger partial charge in [-0.25, -0.2) is 0 Å². The van der Waals surface area contributed by atoms with E-state index in [2.05, 4.69) is 73.8 Å². The van der Waals surface area contributed by atoms with Crippen molar-refractivity contribution in [1.29, 1.82) is 0 Å². The molecular formula is C19H21BN2O2. The Bertz CT molecular complexity index is 871. The van der Waals surface area contributed by atoms with Gasteiger partial charge in [0.05, 0.1) is 28.6 Å². The van der Waals surface area contributed by atoms with E-state index in [9.17, 15) is 0 Å². The van der Waals surface area contributed by atoms with E-state index >= 15 is 0 Å². The fourth-order valence-electron chi connectivity index (χ4n) is 3.01. The van der Waals surface area contributed by atoms with Gasteiger partial charge in [0.2, 0.25) is 0 Å². The van der Waals surface area contributed by atoms with Gasteiger partial charge >= 0.3 is 7.12 Å². The van der Waals surface area contributed by atoms with Crippen molar-refractivity contribution in [3.05, 3.63) is 55.0 Å². The number of rotatable bonds is 2. The molecule has 0 radical (unpaired) electrons. The van der Waals surface area contributed by atoms with Gasteiger partial charge in [-0.2, -0.15) is 0 Å². The molecule has 0 unspecified atom stereocenters. The summed E-state index contributed by atoms with van der Waals surface area (Å²) < 4.78 is 14.4.